The largest absolute Gasteiger partial charge is 0.414 e. The lowest BCUT2D eigenvalue weighted by atomic mass is 10.1. The van der Waals surface area contributed by atoms with Gasteiger partial charge >= 0.3 is 0 Å². The smallest absolute Gasteiger partial charge is 0.291 e. The number of aromatic nitrogens is 2. The number of benzene rings is 1. The van der Waals surface area contributed by atoms with E-state index in [1.165, 1.54) is 17.0 Å². The Kier molecular flexibility index (Phi) is 5.17. The molecule has 0 spiro atoms. The van der Waals surface area contributed by atoms with Crippen LogP contribution in [0.25, 0.3) is 0 Å². The van der Waals surface area contributed by atoms with E-state index >= 15 is 0 Å². The predicted molar refractivity (Wildman–Crippen MR) is 99.9 cm³/mol. The molecule has 2 aromatic rings. The number of nitrogens with zero attached hydrogens (tertiary/aromatic N) is 2. The Morgan fingerprint density at radius 3 is 2.63 bits per heavy atom. The number of hydrogen-bond donors (Lipinski definition) is 1. The van der Waals surface area contributed by atoms with Crippen molar-refractivity contribution in [3.63, 3.8) is 0 Å². The molecular formula is C18H23FN3O3S2+. The quantitative estimate of drug-likeness (QED) is 0.699. The number of halogens is 1. The van der Waals surface area contributed by atoms with Crippen LogP contribution in [0.5, 0.6) is 0 Å². The zero-order valence-corrected chi connectivity index (χ0v) is 16.6. The lowest BCUT2D eigenvalue weighted by Crippen LogP contribution is -3.11. The van der Waals surface area contributed by atoms with Crippen molar-refractivity contribution in [3.8, 4) is 0 Å². The fourth-order valence-electron chi connectivity index (χ4n) is 3.69. The van der Waals surface area contributed by atoms with Gasteiger partial charge in [0.1, 0.15) is 12.4 Å². The topological polar surface area (TPSA) is 69.5 Å². The van der Waals surface area contributed by atoms with E-state index in [0.29, 0.717) is 36.3 Å². The monoisotopic (exact) mass is 412 g/mol. The van der Waals surface area contributed by atoms with E-state index in [0.717, 1.165) is 24.9 Å². The molecule has 1 aromatic heterocycles. The van der Waals surface area contributed by atoms with Crippen molar-refractivity contribution in [3.05, 3.63) is 46.4 Å². The summed E-state index contributed by atoms with van der Waals surface area (Å²) in [7, 11) is -2.91. The SMILES string of the molecule is O=S1(=O)CC[C@@H](Cc2nn(C[NH+](Cc3ccc(F)cc3)C3CC3)c(=S)o2)C1. The lowest BCUT2D eigenvalue weighted by Gasteiger charge is -2.18. The second kappa shape index (κ2) is 7.44. The Labute approximate surface area is 162 Å². The Morgan fingerprint density at radius 2 is 2.00 bits per heavy atom. The van der Waals surface area contributed by atoms with Crippen LogP contribution >= 0.6 is 12.2 Å². The first-order chi connectivity index (χ1) is 12.9. The van der Waals surface area contributed by atoms with Gasteiger partial charge in [-0.2, -0.15) is 4.68 Å². The highest BCUT2D eigenvalue weighted by atomic mass is 32.2. The maximum Gasteiger partial charge on any atom is 0.291 e. The number of nitrogens with one attached hydrogen (secondary N) is 1. The number of sulfone groups is 1. The van der Waals surface area contributed by atoms with E-state index in [2.05, 4.69) is 5.10 Å². The molecule has 0 amide bonds. The van der Waals surface area contributed by atoms with Crippen LogP contribution in [0.1, 0.15) is 30.7 Å². The van der Waals surface area contributed by atoms with Crippen molar-refractivity contribution in [2.24, 2.45) is 5.92 Å². The molecule has 2 atom stereocenters. The first-order valence-electron chi connectivity index (χ1n) is 9.24. The maximum absolute atomic E-state index is 13.1. The van der Waals surface area contributed by atoms with Crippen LogP contribution in [0.3, 0.4) is 0 Å². The lowest BCUT2D eigenvalue weighted by molar-refractivity contribution is -0.947. The number of rotatable bonds is 7. The highest BCUT2D eigenvalue weighted by Gasteiger charge is 2.34. The molecule has 9 heteroatoms. The Morgan fingerprint density at radius 1 is 1.26 bits per heavy atom. The molecule has 1 N–H and O–H groups in total. The molecular weight excluding hydrogens is 389 g/mol. The van der Waals surface area contributed by atoms with Gasteiger partial charge < -0.3 is 9.32 Å². The fourth-order valence-corrected chi connectivity index (χ4v) is 5.75. The summed E-state index contributed by atoms with van der Waals surface area (Å²) in [6.45, 7) is 1.36. The first-order valence-corrected chi connectivity index (χ1v) is 11.5. The first kappa shape index (κ1) is 18.8. The molecule has 1 aliphatic heterocycles. The molecule has 2 heterocycles. The van der Waals surface area contributed by atoms with Crippen molar-refractivity contribution in [2.45, 2.75) is 44.9 Å². The molecule has 6 nitrogen and oxygen atoms in total. The number of quaternary nitrogens is 1. The maximum atomic E-state index is 13.1. The molecule has 146 valence electrons. The van der Waals surface area contributed by atoms with Gasteiger partial charge in [0.2, 0.25) is 5.89 Å². The second-order valence-corrected chi connectivity index (χ2v) is 10.2. The van der Waals surface area contributed by atoms with Crippen molar-refractivity contribution < 1.29 is 22.1 Å². The van der Waals surface area contributed by atoms with Gasteiger partial charge in [-0.3, -0.25) is 0 Å². The minimum Gasteiger partial charge on any atom is -0.414 e. The minimum atomic E-state index is -2.91. The molecule has 2 aliphatic rings. The van der Waals surface area contributed by atoms with Crippen LogP contribution in [0, 0.1) is 16.6 Å². The average Bonchev–Trinajstić information content (AvgIpc) is 3.32. The van der Waals surface area contributed by atoms with Crippen LogP contribution in [-0.4, -0.2) is 35.7 Å². The molecule has 4 rings (SSSR count). The highest BCUT2D eigenvalue weighted by Crippen LogP contribution is 2.22. The molecule has 1 unspecified atom stereocenters. The molecule has 0 bridgehead atoms. The van der Waals surface area contributed by atoms with E-state index in [4.69, 9.17) is 16.6 Å². The molecule has 0 radical (unpaired) electrons. The van der Waals surface area contributed by atoms with Crippen LogP contribution in [0.2, 0.25) is 0 Å². The molecule has 2 fully saturated rings. The van der Waals surface area contributed by atoms with Crippen molar-refractivity contribution in [1.82, 2.24) is 9.78 Å². The van der Waals surface area contributed by atoms with Gasteiger partial charge in [-0.1, -0.05) is 12.1 Å². The highest BCUT2D eigenvalue weighted by molar-refractivity contribution is 7.91. The van der Waals surface area contributed by atoms with Gasteiger partial charge in [-0.25, -0.2) is 12.8 Å². The van der Waals surface area contributed by atoms with Crippen LogP contribution < -0.4 is 4.90 Å². The Bertz CT molecular complexity index is 964. The third-order valence-electron chi connectivity index (χ3n) is 5.29. The zero-order chi connectivity index (χ0) is 19.0. The summed E-state index contributed by atoms with van der Waals surface area (Å²) in [5.41, 5.74) is 1.07. The minimum absolute atomic E-state index is 0.0580. The summed E-state index contributed by atoms with van der Waals surface area (Å²) in [4.78, 5) is 1.64. The summed E-state index contributed by atoms with van der Waals surface area (Å²) >= 11 is 5.32. The Balaban J connectivity index is 1.43. The third-order valence-corrected chi connectivity index (χ3v) is 7.42. The van der Waals surface area contributed by atoms with E-state index < -0.39 is 9.84 Å². The van der Waals surface area contributed by atoms with Gasteiger partial charge in [0.15, 0.2) is 16.5 Å². The average molecular weight is 413 g/mol. The normalized spacial score (nSPS) is 22.8. The fraction of sp³-hybridized carbons (Fsp3) is 0.556. The predicted octanol–water partition coefficient (Wildman–Crippen LogP) is 1.53. The molecule has 1 saturated heterocycles. The molecule has 1 aliphatic carbocycles. The van der Waals surface area contributed by atoms with E-state index in [1.54, 1.807) is 4.68 Å². The van der Waals surface area contributed by atoms with Crippen molar-refractivity contribution in [1.29, 1.82) is 0 Å². The molecule has 1 aromatic carbocycles. The summed E-state index contributed by atoms with van der Waals surface area (Å²) in [6.07, 6.45) is 3.48. The standard InChI is InChI=1S/C18H22FN3O3S2/c19-15-3-1-13(2-4-15)10-21(16-5-6-16)12-22-18(26)25-17(20-22)9-14-7-8-27(23,24)11-14/h1-4,14,16H,5-12H2/p+1/t14-/m0/s1. The molecule has 1 saturated carbocycles. The van der Waals surface area contributed by atoms with Gasteiger partial charge in [0.25, 0.3) is 4.84 Å². The van der Waals surface area contributed by atoms with Crippen molar-refractivity contribution >= 4 is 22.1 Å². The van der Waals surface area contributed by atoms with E-state index in [1.807, 2.05) is 12.1 Å². The van der Waals surface area contributed by atoms with Crippen LogP contribution in [0.4, 0.5) is 4.39 Å². The van der Waals surface area contributed by atoms with Crippen LogP contribution in [0.15, 0.2) is 28.7 Å². The summed E-state index contributed by atoms with van der Waals surface area (Å²) in [5.74, 6) is 0.786. The van der Waals surface area contributed by atoms with Gasteiger partial charge in [-0.15, -0.1) is 5.10 Å². The Hall–Kier alpha value is -1.58. The third kappa shape index (κ3) is 4.83. The summed E-state index contributed by atoms with van der Waals surface area (Å²) < 4.78 is 43.7. The zero-order valence-electron chi connectivity index (χ0n) is 14.9. The van der Waals surface area contributed by atoms with E-state index in [9.17, 15) is 12.8 Å². The van der Waals surface area contributed by atoms with Gasteiger partial charge in [-0.05, 0) is 36.7 Å². The summed E-state index contributed by atoms with van der Waals surface area (Å²) in [6, 6.07) is 7.14. The number of hydrogen-bond acceptors (Lipinski definition) is 5. The second-order valence-electron chi connectivity index (χ2n) is 7.63. The van der Waals surface area contributed by atoms with Gasteiger partial charge in [0, 0.05) is 24.8 Å². The van der Waals surface area contributed by atoms with E-state index in [-0.39, 0.29) is 23.2 Å². The van der Waals surface area contributed by atoms with Crippen LogP contribution in [-0.2, 0) is 29.5 Å². The molecule has 27 heavy (non-hydrogen) atoms. The van der Waals surface area contributed by atoms with Crippen molar-refractivity contribution in [2.75, 3.05) is 11.5 Å². The summed E-state index contributed by atoms with van der Waals surface area (Å²) in [5, 5.41) is 4.50. The van der Waals surface area contributed by atoms with Gasteiger partial charge in [0.05, 0.1) is 17.5 Å².